The van der Waals surface area contributed by atoms with Crippen molar-refractivity contribution < 1.29 is 4.74 Å². The number of ether oxygens (including phenoxy) is 1. The second-order valence-electron chi connectivity index (χ2n) is 6.08. The van der Waals surface area contributed by atoms with Gasteiger partial charge in [-0.3, -0.25) is 0 Å². The monoisotopic (exact) mass is 254 g/mol. The lowest BCUT2D eigenvalue weighted by Crippen LogP contribution is -2.43. The van der Waals surface area contributed by atoms with E-state index in [0.29, 0.717) is 0 Å². The highest BCUT2D eigenvalue weighted by Gasteiger charge is 2.29. The van der Waals surface area contributed by atoms with E-state index in [9.17, 15) is 0 Å². The molecule has 1 saturated carbocycles. The molecule has 3 atom stereocenters. The van der Waals surface area contributed by atoms with Crippen LogP contribution in [0.5, 0.6) is 0 Å². The Kier molecular flexibility index (Phi) is 5.93. The van der Waals surface area contributed by atoms with Crippen molar-refractivity contribution in [1.82, 2.24) is 10.2 Å². The molecule has 106 valence electrons. The molecule has 0 aromatic rings. The molecule has 2 rings (SSSR count). The minimum Gasteiger partial charge on any atom is -0.384 e. The van der Waals surface area contributed by atoms with Crippen LogP contribution in [0.3, 0.4) is 0 Å². The molecule has 0 aromatic heterocycles. The molecule has 2 aliphatic rings. The zero-order valence-corrected chi connectivity index (χ0v) is 12.2. The summed E-state index contributed by atoms with van der Waals surface area (Å²) in [6.45, 7) is 8.13. The Morgan fingerprint density at radius 3 is 2.83 bits per heavy atom. The SMILES string of the molecule is CCNC1CCCCC1CN1CCC(COC)C1. The van der Waals surface area contributed by atoms with E-state index in [2.05, 4.69) is 17.1 Å². The first kappa shape index (κ1) is 14.3. The Morgan fingerprint density at radius 1 is 1.22 bits per heavy atom. The summed E-state index contributed by atoms with van der Waals surface area (Å²) in [4.78, 5) is 2.67. The van der Waals surface area contributed by atoms with Crippen molar-refractivity contribution in [1.29, 1.82) is 0 Å². The van der Waals surface area contributed by atoms with Gasteiger partial charge < -0.3 is 15.0 Å². The quantitative estimate of drug-likeness (QED) is 0.786. The Labute approximate surface area is 112 Å². The minimum atomic E-state index is 0.769. The molecule has 1 N–H and O–H groups in total. The summed E-state index contributed by atoms with van der Waals surface area (Å²) in [7, 11) is 1.82. The van der Waals surface area contributed by atoms with Crippen molar-refractivity contribution in [3.05, 3.63) is 0 Å². The maximum atomic E-state index is 5.28. The molecule has 18 heavy (non-hydrogen) atoms. The standard InChI is InChI=1S/C15H30N2O/c1-3-16-15-7-5-4-6-14(15)11-17-9-8-13(10-17)12-18-2/h13-16H,3-12H2,1-2H3. The smallest absolute Gasteiger partial charge is 0.0503 e. The first-order valence-corrected chi connectivity index (χ1v) is 7.78. The van der Waals surface area contributed by atoms with Crippen LogP contribution in [0.25, 0.3) is 0 Å². The number of nitrogens with one attached hydrogen (secondary N) is 1. The molecule has 0 spiro atoms. The molecular formula is C15H30N2O. The fourth-order valence-electron chi connectivity index (χ4n) is 3.74. The Bertz CT molecular complexity index is 233. The number of nitrogens with zero attached hydrogens (tertiary/aromatic N) is 1. The van der Waals surface area contributed by atoms with Crippen LogP contribution in [0, 0.1) is 11.8 Å². The molecule has 1 saturated heterocycles. The van der Waals surface area contributed by atoms with Gasteiger partial charge in [0.15, 0.2) is 0 Å². The van der Waals surface area contributed by atoms with Crippen molar-refractivity contribution in [2.75, 3.05) is 39.9 Å². The Morgan fingerprint density at radius 2 is 2.06 bits per heavy atom. The Hall–Kier alpha value is -0.120. The predicted molar refractivity (Wildman–Crippen MR) is 75.8 cm³/mol. The molecular weight excluding hydrogens is 224 g/mol. The van der Waals surface area contributed by atoms with Gasteiger partial charge in [0.2, 0.25) is 0 Å². The first-order valence-electron chi connectivity index (χ1n) is 7.78. The summed E-state index contributed by atoms with van der Waals surface area (Å²) >= 11 is 0. The van der Waals surface area contributed by atoms with Gasteiger partial charge in [-0.05, 0) is 44.2 Å². The molecule has 3 unspecified atom stereocenters. The van der Waals surface area contributed by atoms with Crippen LogP contribution >= 0.6 is 0 Å². The van der Waals surface area contributed by atoms with E-state index in [1.54, 1.807) is 0 Å². The average Bonchev–Trinajstić information content (AvgIpc) is 2.80. The third kappa shape index (κ3) is 3.94. The van der Waals surface area contributed by atoms with E-state index in [1.165, 1.54) is 51.7 Å². The van der Waals surface area contributed by atoms with E-state index >= 15 is 0 Å². The van der Waals surface area contributed by atoms with Gasteiger partial charge in [0.05, 0.1) is 6.61 Å². The highest BCUT2D eigenvalue weighted by molar-refractivity contribution is 4.85. The number of hydrogen-bond acceptors (Lipinski definition) is 3. The van der Waals surface area contributed by atoms with Crippen LogP contribution in [0.4, 0.5) is 0 Å². The van der Waals surface area contributed by atoms with E-state index in [-0.39, 0.29) is 0 Å². The number of likely N-dealkylation sites (tertiary alicyclic amines) is 1. The predicted octanol–water partition coefficient (Wildman–Crippen LogP) is 2.12. The van der Waals surface area contributed by atoms with Crippen molar-refractivity contribution in [3.8, 4) is 0 Å². The molecule has 2 fully saturated rings. The second-order valence-corrected chi connectivity index (χ2v) is 6.08. The van der Waals surface area contributed by atoms with E-state index in [4.69, 9.17) is 4.74 Å². The molecule has 0 aromatic carbocycles. The van der Waals surface area contributed by atoms with E-state index in [0.717, 1.165) is 31.0 Å². The fraction of sp³-hybridized carbons (Fsp3) is 1.00. The summed E-state index contributed by atoms with van der Waals surface area (Å²) in [5, 5.41) is 3.69. The molecule has 0 radical (unpaired) electrons. The van der Waals surface area contributed by atoms with Gasteiger partial charge in [-0.2, -0.15) is 0 Å². The van der Waals surface area contributed by atoms with Crippen LogP contribution in [-0.2, 0) is 4.74 Å². The normalized spacial score (nSPS) is 34.0. The van der Waals surface area contributed by atoms with Crippen LogP contribution in [0.15, 0.2) is 0 Å². The van der Waals surface area contributed by atoms with Gasteiger partial charge in [-0.1, -0.05) is 19.8 Å². The summed E-state index contributed by atoms with van der Waals surface area (Å²) < 4.78 is 5.28. The fourth-order valence-corrected chi connectivity index (χ4v) is 3.74. The number of methoxy groups -OCH3 is 1. The first-order chi connectivity index (χ1) is 8.83. The number of hydrogen-bond donors (Lipinski definition) is 1. The van der Waals surface area contributed by atoms with Crippen molar-refractivity contribution in [2.24, 2.45) is 11.8 Å². The van der Waals surface area contributed by atoms with E-state index in [1.807, 2.05) is 7.11 Å². The zero-order chi connectivity index (χ0) is 12.8. The summed E-state index contributed by atoms with van der Waals surface area (Å²) in [6.07, 6.45) is 6.98. The molecule has 0 bridgehead atoms. The van der Waals surface area contributed by atoms with Gasteiger partial charge in [0, 0.05) is 26.2 Å². The van der Waals surface area contributed by atoms with Crippen LogP contribution < -0.4 is 5.32 Å². The largest absolute Gasteiger partial charge is 0.384 e. The van der Waals surface area contributed by atoms with E-state index < -0.39 is 0 Å². The molecule has 3 nitrogen and oxygen atoms in total. The summed E-state index contributed by atoms with van der Waals surface area (Å²) in [6, 6.07) is 0.769. The van der Waals surface area contributed by atoms with Crippen LogP contribution in [0.2, 0.25) is 0 Å². The maximum Gasteiger partial charge on any atom is 0.0503 e. The highest BCUT2D eigenvalue weighted by atomic mass is 16.5. The van der Waals surface area contributed by atoms with Gasteiger partial charge in [-0.25, -0.2) is 0 Å². The third-order valence-electron chi connectivity index (χ3n) is 4.64. The maximum absolute atomic E-state index is 5.28. The second kappa shape index (κ2) is 7.46. The minimum absolute atomic E-state index is 0.769. The van der Waals surface area contributed by atoms with Gasteiger partial charge in [-0.15, -0.1) is 0 Å². The number of rotatable bonds is 6. The zero-order valence-electron chi connectivity index (χ0n) is 12.2. The Balaban J connectivity index is 1.77. The molecule has 3 heteroatoms. The summed E-state index contributed by atoms with van der Waals surface area (Å²) in [5.41, 5.74) is 0. The lowest BCUT2D eigenvalue weighted by Gasteiger charge is -2.34. The third-order valence-corrected chi connectivity index (χ3v) is 4.64. The molecule has 1 heterocycles. The van der Waals surface area contributed by atoms with Gasteiger partial charge in [0.1, 0.15) is 0 Å². The highest BCUT2D eigenvalue weighted by Crippen LogP contribution is 2.27. The van der Waals surface area contributed by atoms with Crippen LogP contribution in [0.1, 0.15) is 39.0 Å². The molecule has 0 amide bonds. The van der Waals surface area contributed by atoms with Crippen molar-refractivity contribution >= 4 is 0 Å². The lowest BCUT2D eigenvalue weighted by molar-refractivity contribution is 0.144. The topological polar surface area (TPSA) is 24.5 Å². The lowest BCUT2D eigenvalue weighted by atomic mass is 9.84. The molecule has 1 aliphatic heterocycles. The van der Waals surface area contributed by atoms with Crippen molar-refractivity contribution in [3.63, 3.8) is 0 Å². The van der Waals surface area contributed by atoms with Gasteiger partial charge in [0.25, 0.3) is 0 Å². The summed E-state index contributed by atoms with van der Waals surface area (Å²) in [5.74, 6) is 1.65. The van der Waals surface area contributed by atoms with Crippen LogP contribution in [-0.4, -0.2) is 50.8 Å². The van der Waals surface area contributed by atoms with Gasteiger partial charge >= 0.3 is 0 Å². The molecule has 1 aliphatic carbocycles. The average molecular weight is 254 g/mol. The van der Waals surface area contributed by atoms with Crippen molar-refractivity contribution in [2.45, 2.75) is 45.1 Å².